The van der Waals surface area contributed by atoms with Crippen molar-refractivity contribution >= 4 is 5.97 Å². The number of allylic oxidation sites excluding steroid dienone is 2. The molecule has 0 saturated carbocycles. The molecule has 0 saturated heterocycles. The molecule has 0 amide bonds. The van der Waals surface area contributed by atoms with E-state index in [-0.39, 0.29) is 0 Å². The Bertz CT molecular complexity index is 174. The van der Waals surface area contributed by atoms with Crippen molar-refractivity contribution < 1.29 is 9.53 Å². The molecule has 0 rings (SSSR count). The first-order valence-electron chi connectivity index (χ1n) is 3.06. The molecular formula is C8H12O2. The summed E-state index contributed by atoms with van der Waals surface area (Å²) in [5.41, 5.74) is 0.996. The fourth-order valence-corrected chi connectivity index (χ4v) is 0.295. The molecule has 56 valence electrons. The van der Waals surface area contributed by atoms with Gasteiger partial charge < -0.3 is 4.74 Å². The topological polar surface area (TPSA) is 26.3 Å². The highest BCUT2D eigenvalue weighted by Gasteiger charge is 1.97. The fourth-order valence-electron chi connectivity index (χ4n) is 0.295. The first-order valence-corrected chi connectivity index (χ1v) is 3.06. The average molecular weight is 140 g/mol. The average Bonchev–Trinajstić information content (AvgIpc) is 1.87. The van der Waals surface area contributed by atoms with Crippen LogP contribution in [0.25, 0.3) is 0 Å². The summed E-state index contributed by atoms with van der Waals surface area (Å²) in [4.78, 5) is 10.6. The molecule has 2 nitrogen and oxygen atoms in total. The van der Waals surface area contributed by atoms with Gasteiger partial charge in [-0.3, -0.25) is 0 Å². The van der Waals surface area contributed by atoms with Crippen LogP contribution in [0.1, 0.15) is 20.8 Å². The molecule has 2 heteroatoms. The van der Waals surface area contributed by atoms with Gasteiger partial charge in [-0.05, 0) is 26.3 Å². The Morgan fingerprint density at radius 2 is 1.90 bits per heavy atom. The predicted octanol–water partition coefficient (Wildman–Crippen LogP) is 2.03. The van der Waals surface area contributed by atoms with Gasteiger partial charge in [-0.15, -0.1) is 0 Å². The molecule has 0 aromatic heterocycles. The summed E-state index contributed by atoms with van der Waals surface area (Å²) >= 11 is 0. The summed E-state index contributed by atoms with van der Waals surface area (Å²) < 4.78 is 4.78. The van der Waals surface area contributed by atoms with E-state index in [1.807, 2.05) is 13.8 Å². The van der Waals surface area contributed by atoms with Gasteiger partial charge in [0.1, 0.15) is 5.76 Å². The van der Waals surface area contributed by atoms with Crippen LogP contribution in [-0.4, -0.2) is 5.97 Å². The zero-order chi connectivity index (χ0) is 8.15. The van der Waals surface area contributed by atoms with Crippen molar-refractivity contribution in [3.8, 4) is 0 Å². The van der Waals surface area contributed by atoms with Gasteiger partial charge in [-0.25, -0.2) is 4.79 Å². The second kappa shape index (κ2) is 3.88. The maximum atomic E-state index is 10.6. The number of carbonyl (C=O) groups excluding carboxylic acids is 1. The predicted molar refractivity (Wildman–Crippen MR) is 40.3 cm³/mol. The summed E-state index contributed by atoms with van der Waals surface area (Å²) in [6, 6.07) is 0. The maximum absolute atomic E-state index is 10.6. The molecule has 0 aromatic rings. The molecule has 0 bridgehead atoms. The van der Waals surface area contributed by atoms with Gasteiger partial charge >= 0.3 is 5.97 Å². The largest absolute Gasteiger partial charge is 0.428 e. The number of carbonyl (C=O) groups is 1. The highest BCUT2D eigenvalue weighted by Crippen LogP contribution is 2.03. The number of ether oxygens (including phenoxy) is 1. The van der Waals surface area contributed by atoms with Crippen molar-refractivity contribution in [3.05, 3.63) is 24.0 Å². The van der Waals surface area contributed by atoms with Gasteiger partial charge in [-0.1, -0.05) is 6.58 Å². The van der Waals surface area contributed by atoms with Crippen LogP contribution in [0.2, 0.25) is 0 Å². The van der Waals surface area contributed by atoms with Gasteiger partial charge in [-0.2, -0.15) is 0 Å². The van der Waals surface area contributed by atoms with E-state index in [2.05, 4.69) is 6.58 Å². The Morgan fingerprint density at radius 3 is 2.20 bits per heavy atom. The van der Waals surface area contributed by atoms with Crippen molar-refractivity contribution in [1.29, 1.82) is 0 Å². The molecular weight excluding hydrogens is 128 g/mol. The first kappa shape index (κ1) is 8.95. The number of esters is 1. The number of hydrogen-bond donors (Lipinski definition) is 0. The number of rotatable bonds is 2. The van der Waals surface area contributed by atoms with Crippen LogP contribution in [0.4, 0.5) is 0 Å². The molecule has 0 spiro atoms. The molecule has 0 fully saturated rings. The van der Waals surface area contributed by atoms with Crippen LogP contribution in [0.15, 0.2) is 24.0 Å². The standard InChI is InChI=1S/C8H12O2/c1-5-8(9)10-7(4)6(2)3/h5H,1H2,2-4H3. The molecule has 0 aliphatic carbocycles. The zero-order valence-corrected chi connectivity index (χ0v) is 6.60. The summed E-state index contributed by atoms with van der Waals surface area (Å²) in [5, 5.41) is 0. The van der Waals surface area contributed by atoms with Crippen LogP contribution in [0.5, 0.6) is 0 Å². The number of hydrogen-bond acceptors (Lipinski definition) is 2. The minimum atomic E-state index is -0.404. The Morgan fingerprint density at radius 1 is 1.40 bits per heavy atom. The molecule has 0 aliphatic rings. The quantitative estimate of drug-likeness (QED) is 0.333. The lowest BCUT2D eigenvalue weighted by Gasteiger charge is -2.01. The van der Waals surface area contributed by atoms with E-state index in [9.17, 15) is 4.79 Å². The normalized spacial score (nSPS) is 8.30. The molecule has 0 radical (unpaired) electrons. The van der Waals surface area contributed by atoms with Crippen molar-refractivity contribution in [2.24, 2.45) is 0 Å². The Balaban J connectivity index is 4.04. The van der Waals surface area contributed by atoms with E-state index in [0.717, 1.165) is 11.6 Å². The monoisotopic (exact) mass is 140 g/mol. The first-order chi connectivity index (χ1) is 4.57. The van der Waals surface area contributed by atoms with Gasteiger partial charge in [0.2, 0.25) is 0 Å². The third kappa shape index (κ3) is 3.07. The van der Waals surface area contributed by atoms with Crippen molar-refractivity contribution in [3.63, 3.8) is 0 Å². The minimum Gasteiger partial charge on any atom is -0.428 e. The molecule has 0 N–H and O–H groups in total. The Labute approximate surface area is 61.2 Å². The van der Waals surface area contributed by atoms with Gasteiger partial charge in [0.05, 0.1) is 0 Å². The lowest BCUT2D eigenvalue weighted by atomic mass is 10.3. The van der Waals surface area contributed by atoms with Gasteiger partial charge in [0, 0.05) is 6.08 Å². The summed E-state index contributed by atoms with van der Waals surface area (Å²) in [7, 11) is 0. The van der Waals surface area contributed by atoms with Crippen LogP contribution in [-0.2, 0) is 9.53 Å². The van der Waals surface area contributed by atoms with Gasteiger partial charge in [0.25, 0.3) is 0 Å². The Hall–Kier alpha value is -1.05. The van der Waals surface area contributed by atoms with Gasteiger partial charge in [0.15, 0.2) is 0 Å². The fraction of sp³-hybridized carbons (Fsp3) is 0.375. The SMILES string of the molecule is C=CC(=O)OC(C)=C(C)C. The third-order valence-corrected chi connectivity index (χ3v) is 1.12. The van der Waals surface area contributed by atoms with Crippen LogP contribution in [0, 0.1) is 0 Å². The lowest BCUT2D eigenvalue weighted by Crippen LogP contribution is -1.98. The van der Waals surface area contributed by atoms with E-state index in [0.29, 0.717) is 5.76 Å². The maximum Gasteiger partial charge on any atom is 0.335 e. The molecule has 0 aliphatic heterocycles. The molecule has 0 heterocycles. The van der Waals surface area contributed by atoms with Crippen molar-refractivity contribution in [2.45, 2.75) is 20.8 Å². The molecule has 0 unspecified atom stereocenters. The molecule has 10 heavy (non-hydrogen) atoms. The molecule has 0 aromatic carbocycles. The minimum absolute atomic E-state index is 0.404. The summed E-state index contributed by atoms with van der Waals surface area (Å²) in [6.45, 7) is 8.78. The van der Waals surface area contributed by atoms with Crippen molar-refractivity contribution in [1.82, 2.24) is 0 Å². The second-order valence-electron chi connectivity index (χ2n) is 2.18. The van der Waals surface area contributed by atoms with E-state index in [1.54, 1.807) is 6.92 Å². The Kier molecular flexibility index (Phi) is 3.47. The third-order valence-electron chi connectivity index (χ3n) is 1.12. The van der Waals surface area contributed by atoms with E-state index in [1.165, 1.54) is 0 Å². The van der Waals surface area contributed by atoms with Crippen molar-refractivity contribution in [2.75, 3.05) is 0 Å². The second-order valence-corrected chi connectivity index (χ2v) is 2.18. The zero-order valence-electron chi connectivity index (χ0n) is 6.60. The van der Waals surface area contributed by atoms with E-state index < -0.39 is 5.97 Å². The summed E-state index contributed by atoms with van der Waals surface area (Å²) in [5.74, 6) is 0.239. The van der Waals surface area contributed by atoms with E-state index in [4.69, 9.17) is 4.74 Å². The molecule has 0 atom stereocenters. The van der Waals surface area contributed by atoms with Crippen LogP contribution >= 0.6 is 0 Å². The van der Waals surface area contributed by atoms with Crippen LogP contribution < -0.4 is 0 Å². The van der Waals surface area contributed by atoms with Crippen LogP contribution in [0.3, 0.4) is 0 Å². The van der Waals surface area contributed by atoms with E-state index >= 15 is 0 Å². The lowest BCUT2D eigenvalue weighted by molar-refractivity contribution is -0.133. The smallest absolute Gasteiger partial charge is 0.335 e. The highest BCUT2D eigenvalue weighted by atomic mass is 16.5. The highest BCUT2D eigenvalue weighted by molar-refractivity contribution is 5.82. The summed E-state index contributed by atoms with van der Waals surface area (Å²) in [6.07, 6.45) is 1.15.